The first-order valence-electron chi connectivity index (χ1n) is 5.60. The van der Waals surface area contributed by atoms with Crippen molar-refractivity contribution < 1.29 is 4.79 Å². The zero-order valence-corrected chi connectivity index (χ0v) is 12.3. The van der Waals surface area contributed by atoms with Gasteiger partial charge in [-0.15, -0.1) is 0 Å². The number of benzene rings is 2. The van der Waals surface area contributed by atoms with Crippen molar-refractivity contribution in [3.8, 4) is 0 Å². The Hall–Kier alpha value is -1.12. The van der Waals surface area contributed by atoms with Gasteiger partial charge in [0.1, 0.15) is 0 Å². The molecule has 0 bridgehead atoms. The first kappa shape index (κ1) is 13.3. The van der Waals surface area contributed by atoms with Gasteiger partial charge in [-0.3, -0.25) is 4.79 Å². The number of ketones is 1. The maximum atomic E-state index is 12.2. The van der Waals surface area contributed by atoms with E-state index in [2.05, 4.69) is 15.9 Å². The monoisotopic (exact) mass is 322 g/mol. The Labute approximate surface area is 120 Å². The molecule has 3 heteroatoms. The Kier molecular flexibility index (Phi) is 4.20. The Morgan fingerprint density at radius 1 is 1.17 bits per heavy atom. The van der Waals surface area contributed by atoms with E-state index in [1.54, 1.807) is 12.1 Å². The molecular weight excluding hydrogens is 312 g/mol. The maximum Gasteiger partial charge on any atom is 0.167 e. The quantitative estimate of drug-likeness (QED) is 0.739. The van der Waals surface area contributed by atoms with E-state index in [0.717, 1.165) is 15.6 Å². The summed E-state index contributed by atoms with van der Waals surface area (Å²) in [6, 6.07) is 13.2. The van der Waals surface area contributed by atoms with Crippen molar-refractivity contribution in [3.63, 3.8) is 0 Å². The number of hydrogen-bond donors (Lipinski definition) is 0. The van der Waals surface area contributed by atoms with E-state index < -0.39 is 0 Å². The summed E-state index contributed by atoms with van der Waals surface area (Å²) < 4.78 is 1.01. The van der Waals surface area contributed by atoms with Gasteiger partial charge in [-0.25, -0.2) is 0 Å². The predicted molar refractivity (Wildman–Crippen MR) is 78.4 cm³/mol. The summed E-state index contributed by atoms with van der Waals surface area (Å²) >= 11 is 9.30. The van der Waals surface area contributed by atoms with E-state index in [4.69, 9.17) is 11.6 Å². The van der Waals surface area contributed by atoms with Gasteiger partial charge in [-0.1, -0.05) is 45.7 Å². The molecule has 0 saturated carbocycles. The van der Waals surface area contributed by atoms with Crippen molar-refractivity contribution in [2.75, 3.05) is 0 Å². The number of carbonyl (C=O) groups excluding carboxylic acids is 1. The van der Waals surface area contributed by atoms with Crippen LogP contribution in [0, 0.1) is 6.92 Å². The van der Waals surface area contributed by atoms with Crippen LogP contribution in [0.3, 0.4) is 0 Å². The van der Waals surface area contributed by atoms with Crippen LogP contribution in [-0.4, -0.2) is 5.78 Å². The van der Waals surface area contributed by atoms with Crippen molar-refractivity contribution in [1.29, 1.82) is 0 Å². The standard InChI is InChI=1S/C15H12BrClO/c1-10-2-7-13(17)9-14(10)15(18)8-11-3-5-12(16)6-4-11/h2-7,9H,8H2,1H3. The molecule has 2 rings (SSSR count). The zero-order chi connectivity index (χ0) is 13.1. The van der Waals surface area contributed by atoms with Crippen LogP contribution < -0.4 is 0 Å². The molecule has 0 amide bonds. The summed E-state index contributed by atoms with van der Waals surface area (Å²) in [5.74, 6) is 0.0947. The third-order valence-corrected chi connectivity index (χ3v) is 3.54. The van der Waals surface area contributed by atoms with Crippen LogP contribution in [0.25, 0.3) is 0 Å². The average molecular weight is 324 g/mol. The van der Waals surface area contributed by atoms with Crippen LogP contribution in [0.1, 0.15) is 21.5 Å². The summed E-state index contributed by atoms with van der Waals surface area (Å²) in [6.45, 7) is 1.92. The fraction of sp³-hybridized carbons (Fsp3) is 0.133. The smallest absolute Gasteiger partial charge is 0.167 e. The molecule has 92 valence electrons. The summed E-state index contributed by atoms with van der Waals surface area (Å²) in [7, 11) is 0. The summed E-state index contributed by atoms with van der Waals surface area (Å²) in [5.41, 5.74) is 2.66. The highest BCUT2D eigenvalue weighted by Crippen LogP contribution is 2.18. The lowest BCUT2D eigenvalue weighted by Crippen LogP contribution is -2.05. The first-order chi connectivity index (χ1) is 8.56. The Morgan fingerprint density at radius 3 is 2.50 bits per heavy atom. The molecule has 0 aliphatic carbocycles. The van der Waals surface area contributed by atoms with Crippen LogP contribution in [0.15, 0.2) is 46.9 Å². The van der Waals surface area contributed by atoms with Crippen molar-refractivity contribution >= 4 is 33.3 Å². The van der Waals surface area contributed by atoms with E-state index in [9.17, 15) is 4.79 Å². The molecule has 0 N–H and O–H groups in total. The molecule has 0 aliphatic rings. The van der Waals surface area contributed by atoms with Gasteiger partial charge in [0.25, 0.3) is 0 Å². The van der Waals surface area contributed by atoms with Gasteiger partial charge < -0.3 is 0 Å². The fourth-order valence-corrected chi connectivity index (χ4v) is 2.21. The van der Waals surface area contributed by atoms with Gasteiger partial charge >= 0.3 is 0 Å². The second-order valence-electron chi connectivity index (χ2n) is 4.19. The van der Waals surface area contributed by atoms with Crippen LogP contribution >= 0.6 is 27.5 Å². The molecule has 0 saturated heterocycles. The first-order valence-corrected chi connectivity index (χ1v) is 6.77. The summed E-state index contributed by atoms with van der Waals surface area (Å²) in [5, 5.41) is 0.597. The second kappa shape index (κ2) is 5.68. The maximum absolute atomic E-state index is 12.2. The lowest BCUT2D eigenvalue weighted by atomic mass is 9.99. The van der Waals surface area contributed by atoms with Crippen molar-refractivity contribution in [2.45, 2.75) is 13.3 Å². The van der Waals surface area contributed by atoms with Crippen molar-refractivity contribution in [3.05, 3.63) is 68.7 Å². The largest absolute Gasteiger partial charge is 0.294 e. The zero-order valence-electron chi connectivity index (χ0n) is 9.91. The fourth-order valence-electron chi connectivity index (χ4n) is 1.78. The van der Waals surface area contributed by atoms with E-state index in [0.29, 0.717) is 17.0 Å². The van der Waals surface area contributed by atoms with Gasteiger partial charge in [-0.05, 0) is 42.3 Å². The third-order valence-electron chi connectivity index (χ3n) is 2.78. The van der Waals surface area contributed by atoms with E-state index in [1.807, 2.05) is 37.3 Å². The highest BCUT2D eigenvalue weighted by molar-refractivity contribution is 9.10. The minimum absolute atomic E-state index is 0.0947. The molecule has 0 radical (unpaired) electrons. The molecular formula is C15H12BrClO. The van der Waals surface area contributed by atoms with Crippen molar-refractivity contribution in [2.24, 2.45) is 0 Å². The van der Waals surface area contributed by atoms with Gasteiger partial charge in [0, 0.05) is 21.5 Å². The molecule has 0 atom stereocenters. The molecule has 0 fully saturated rings. The molecule has 18 heavy (non-hydrogen) atoms. The summed E-state index contributed by atoms with van der Waals surface area (Å²) in [4.78, 5) is 12.2. The lowest BCUT2D eigenvalue weighted by Gasteiger charge is -2.06. The molecule has 2 aromatic carbocycles. The van der Waals surface area contributed by atoms with Crippen molar-refractivity contribution in [1.82, 2.24) is 0 Å². The van der Waals surface area contributed by atoms with Crippen LogP contribution in [-0.2, 0) is 6.42 Å². The SMILES string of the molecule is Cc1ccc(Cl)cc1C(=O)Cc1ccc(Br)cc1. The van der Waals surface area contributed by atoms with Crippen LogP contribution in [0.2, 0.25) is 5.02 Å². The topological polar surface area (TPSA) is 17.1 Å². The van der Waals surface area contributed by atoms with Gasteiger partial charge in [0.05, 0.1) is 0 Å². The van der Waals surface area contributed by atoms with E-state index in [-0.39, 0.29) is 5.78 Å². The van der Waals surface area contributed by atoms with E-state index in [1.165, 1.54) is 0 Å². The highest BCUT2D eigenvalue weighted by atomic mass is 79.9. The predicted octanol–water partition coefficient (Wildman–Crippen LogP) is 4.84. The van der Waals surface area contributed by atoms with Gasteiger partial charge in [0.2, 0.25) is 0 Å². The van der Waals surface area contributed by atoms with Crippen LogP contribution in [0.4, 0.5) is 0 Å². The minimum atomic E-state index is 0.0947. The molecule has 2 aromatic rings. The molecule has 0 unspecified atom stereocenters. The average Bonchev–Trinajstić information content (AvgIpc) is 2.35. The molecule has 0 aliphatic heterocycles. The number of aryl methyl sites for hydroxylation is 1. The normalized spacial score (nSPS) is 10.4. The molecule has 0 spiro atoms. The Balaban J connectivity index is 2.21. The molecule has 0 aromatic heterocycles. The summed E-state index contributed by atoms with van der Waals surface area (Å²) in [6.07, 6.45) is 0.397. The second-order valence-corrected chi connectivity index (χ2v) is 5.54. The van der Waals surface area contributed by atoms with Gasteiger partial charge in [-0.2, -0.15) is 0 Å². The van der Waals surface area contributed by atoms with E-state index >= 15 is 0 Å². The Bertz CT molecular complexity index is 576. The Morgan fingerprint density at radius 2 is 1.83 bits per heavy atom. The lowest BCUT2D eigenvalue weighted by molar-refractivity contribution is 0.0992. The number of hydrogen-bond acceptors (Lipinski definition) is 1. The van der Waals surface area contributed by atoms with Crippen LogP contribution in [0.5, 0.6) is 0 Å². The number of halogens is 2. The van der Waals surface area contributed by atoms with Gasteiger partial charge in [0.15, 0.2) is 5.78 Å². The number of Topliss-reactive ketones (excluding diaryl/α,β-unsaturated/α-hetero) is 1. The highest BCUT2D eigenvalue weighted by Gasteiger charge is 2.10. The minimum Gasteiger partial charge on any atom is -0.294 e. The number of carbonyl (C=O) groups is 1. The molecule has 0 heterocycles. The number of rotatable bonds is 3. The third kappa shape index (κ3) is 3.21. The molecule has 1 nitrogen and oxygen atoms in total.